The second-order valence-corrected chi connectivity index (χ2v) is 5.70. The predicted molar refractivity (Wildman–Crippen MR) is 78.0 cm³/mol. The maximum atomic E-state index is 11.9. The number of aromatic nitrogens is 1. The molecule has 1 heterocycles. The van der Waals surface area contributed by atoms with Crippen molar-refractivity contribution >= 4 is 34.8 Å². The van der Waals surface area contributed by atoms with Crippen molar-refractivity contribution in [3.8, 4) is 0 Å². The Labute approximate surface area is 125 Å². The molecule has 0 aliphatic rings. The zero-order chi connectivity index (χ0) is 14.7. The van der Waals surface area contributed by atoms with Crippen LogP contribution in [0.15, 0.2) is 24.3 Å². The number of aryl methyl sites for hydroxylation is 2. The molecule has 7 heteroatoms. The normalized spacial score (nSPS) is 10.2. The summed E-state index contributed by atoms with van der Waals surface area (Å²) in [5.41, 5.74) is 5.77. The topological polar surface area (TPSA) is 71.1 Å². The molecule has 0 atom stereocenters. The van der Waals surface area contributed by atoms with Crippen molar-refractivity contribution in [3.63, 3.8) is 0 Å². The lowest BCUT2D eigenvalue weighted by molar-refractivity contribution is 0.0848. The number of halogens is 1. The molecule has 0 saturated carbocycles. The highest BCUT2D eigenvalue weighted by molar-refractivity contribution is 7.13. The van der Waals surface area contributed by atoms with Crippen molar-refractivity contribution in [2.24, 2.45) is 0 Å². The Morgan fingerprint density at radius 3 is 2.25 bits per heavy atom. The van der Waals surface area contributed by atoms with E-state index < -0.39 is 5.91 Å². The van der Waals surface area contributed by atoms with Gasteiger partial charge in [-0.25, -0.2) is 4.98 Å². The smallest absolute Gasteiger partial charge is 0.267 e. The summed E-state index contributed by atoms with van der Waals surface area (Å²) in [7, 11) is 0. The van der Waals surface area contributed by atoms with Gasteiger partial charge < -0.3 is 0 Å². The molecule has 0 bridgehead atoms. The number of hydrogen-bond donors (Lipinski definition) is 2. The molecule has 2 amide bonds. The second kappa shape index (κ2) is 6.02. The Kier molecular flexibility index (Phi) is 4.36. The summed E-state index contributed by atoms with van der Waals surface area (Å²) in [4.78, 5) is 28.3. The van der Waals surface area contributed by atoms with Gasteiger partial charge in [0.2, 0.25) is 0 Å². The van der Waals surface area contributed by atoms with Gasteiger partial charge in [-0.15, -0.1) is 11.3 Å². The first-order chi connectivity index (χ1) is 9.47. The summed E-state index contributed by atoms with van der Waals surface area (Å²) >= 11 is 7.02. The van der Waals surface area contributed by atoms with Crippen LogP contribution in [0.2, 0.25) is 5.02 Å². The highest BCUT2D eigenvalue weighted by Crippen LogP contribution is 2.16. The third-order valence-corrected chi connectivity index (χ3v) is 3.83. The van der Waals surface area contributed by atoms with Gasteiger partial charge in [-0.05, 0) is 38.1 Å². The van der Waals surface area contributed by atoms with Crippen LogP contribution >= 0.6 is 22.9 Å². The highest BCUT2D eigenvalue weighted by Gasteiger charge is 2.14. The molecule has 5 nitrogen and oxygen atoms in total. The number of nitrogens with one attached hydrogen (secondary N) is 2. The van der Waals surface area contributed by atoms with Crippen LogP contribution in [0.5, 0.6) is 0 Å². The molecule has 0 aliphatic heterocycles. The van der Waals surface area contributed by atoms with Gasteiger partial charge in [0, 0.05) is 10.6 Å². The summed E-state index contributed by atoms with van der Waals surface area (Å²) in [5, 5.41) is 1.35. The van der Waals surface area contributed by atoms with Crippen LogP contribution in [-0.4, -0.2) is 16.8 Å². The lowest BCUT2D eigenvalue weighted by Gasteiger charge is -2.06. The van der Waals surface area contributed by atoms with Crippen LogP contribution in [0, 0.1) is 13.8 Å². The predicted octanol–water partition coefficient (Wildman–Crippen LogP) is 2.49. The fraction of sp³-hybridized carbons (Fsp3) is 0.154. The van der Waals surface area contributed by atoms with Gasteiger partial charge in [-0.1, -0.05) is 11.6 Å². The molecule has 2 N–H and O–H groups in total. The van der Waals surface area contributed by atoms with E-state index in [9.17, 15) is 9.59 Å². The Hall–Kier alpha value is -1.92. The largest absolute Gasteiger partial charge is 0.281 e. The van der Waals surface area contributed by atoms with Gasteiger partial charge in [-0.2, -0.15) is 0 Å². The van der Waals surface area contributed by atoms with Crippen LogP contribution in [-0.2, 0) is 0 Å². The van der Waals surface area contributed by atoms with Crippen molar-refractivity contribution in [2.75, 3.05) is 0 Å². The SMILES string of the molecule is Cc1nc(C)c(C(=O)NNC(=O)c2ccc(Cl)cc2)s1. The van der Waals surface area contributed by atoms with Gasteiger partial charge in [0.1, 0.15) is 4.88 Å². The van der Waals surface area contributed by atoms with Gasteiger partial charge in [-0.3, -0.25) is 20.4 Å². The summed E-state index contributed by atoms with van der Waals surface area (Å²) in [5.74, 6) is -0.788. The molecule has 2 rings (SSSR count). The molecule has 0 radical (unpaired) electrons. The minimum Gasteiger partial charge on any atom is -0.267 e. The third-order valence-electron chi connectivity index (χ3n) is 2.51. The van der Waals surface area contributed by atoms with Gasteiger partial charge in [0.05, 0.1) is 10.7 Å². The standard InChI is InChI=1S/C13H12ClN3O2S/c1-7-11(20-8(2)15-7)13(19)17-16-12(18)9-3-5-10(14)6-4-9/h3-6H,1-2H3,(H,16,18)(H,17,19). The fourth-order valence-corrected chi connectivity index (χ4v) is 2.53. The first-order valence-electron chi connectivity index (χ1n) is 5.77. The van der Waals surface area contributed by atoms with E-state index in [0.717, 1.165) is 5.01 Å². The van der Waals surface area contributed by atoms with Gasteiger partial charge in [0.15, 0.2) is 0 Å². The number of hydrazine groups is 1. The van der Waals surface area contributed by atoms with E-state index in [0.29, 0.717) is 21.2 Å². The first kappa shape index (κ1) is 14.5. The molecule has 1 aromatic heterocycles. The molecular formula is C13H12ClN3O2S. The van der Waals surface area contributed by atoms with Crippen molar-refractivity contribution in [2.45, 2.75) is 13.8 Å². The average Bonchev–Trinajstić information content (AvgIpc) is 2.75. The maximum Gasteiger partial charge on any atom is 0.281 e. The maximum absolute atomic E-state index is 11.9. The summed E-state index contributed by atoms with van der Waals surface area (Å²) < 4.78 is 0. The Morgan fingerprint density at radius 1 is 1.10 bits per heavy atom. The van der Waals surface area contributed by atoms with Crippen LogP contribution < -0.4 is 10.9 Å². The zero-order valence-electron chi connectivity index (χ0n) is 10.9. The monoisotopic (exact) mass is 309 g/mol. The third kappa shape index (κ3) is 3.34. The lowest BCUT2D eigenvalue weighted by Crippen LogP contribution is -2.41. The molecule has 104 valence electrons. The number of benzene rings is 1. The molecule has 1 aromatic carbocycles. The van der Waals surface area contributed by atoms with Crippen LogP contribution in [0.4, 0.5) is 0 Å². The molecule has 0 aliphatic carbocycles. The molecule has 0 unspecified atom stereocenters. The van der Waals surface area contributed by atoms with E-state index in [4.69, 9.17) is 11.6 Å². The van der Waals surface area contributed by atoms with Crippen LogP contribution in [0.1, 0.15) is 30.7 Å². The minimum absolute atomic E-state index is 0.379. The number of rotatable bonds is 2. The van der Waals surface area contributed by atoms with Crippen molar-refractivity contribution in [3.05, 3.63) is 50.4 Å². The molecule has 20 heavy (non-hydrogen) atoms. The highest BCUT2D eigenvalue weighted by atomic mass is 35.5. The van der Waals surface area contributed by atoms with E-state index >= 15 is 0 Å². The quantitative estimate of drug-likeness (QED) is 0.837. The van der Waals surface area contributed by atoms with Crippen LogP contribution in [0.3, 0.4) is 0 Å². The molecule has 0 fully saturated rings. The summed E-state index contributed by atoms with van der Waals surface area (Å²) in [6, 6.07) is 6.36. The van der Waals surface area contributed by atoms with E-state index in [1.807, 2.05) is 6.92 Å². The summed E-state index contributed by atoms with van der Waals surface area (Å²) in [6.07, 6.45) is 0. The van der Waals surface area contributed by atoms with Crippen molar-refractivity contribution in [1.29, 1.82) is 0 Å². The van der Waals surface area contributed by atoms with E-state index in [-0.39, 0.29) is 5.91 Å². The summed E-state index contributed by atoms with van der Waals surface area (Å²) in [6.45, 7) is 3.57. The number of carbonyl (C=O) groups excluding carboxylic acids is 2. The average molecular weight is 310 g/mol. The Balaban J connectivity index is 1.98. The van der Waals surface area contributed by atoms with Gasteiger partial charge >= 0.3 is 0 Å². The molecule has 0 spiro atoms. The Morgan fingerprint density at radius 2 is 1.70 bits per heavy atom. The minimum atomic E-state index is -0.408. The van der Waals surface area contributed by atoms with Crippen molar-refractivity contribution < 1.29 is 9.59 Å². The number of hydrogen-bond acceptors (Lipinski definition) is 4. The number of thiazole rings is 1. The van der Waals surface area contributed by atoms with E-state index in [1.165, 1.54) is 11.3 Å². The Bertz CT molecular complexity index is 652. The number of carbonyl (C=O) groups is 2. The van der Waals surface area contributed by atoms with Crippen LogP contribution in [0.25, 0.3) is 0 Å². The van der Waals surface area contributed by atoms with Crippen molar-refractivity contribution in [1.82, 2.24) is 15.8 Å². The first-order valence-corrected chi connectivity index (χ1v) is 6.97. The van der Waals surface area contributed by atoms with E-state index in [1.54, 1.807) is 31.2 Å². The number of nitrogens with zero attached hydrogens (tertiary/aromatic N) is 1. The molecule has 2 aromatic rings. The lowest BCUT2D eigenvalue weighted by atomic mass is 10.2. The molecule has 0 saturated heterocycles. The van der Waals surface area contributed by atoms with E-state index in [2.05, 4.69) is 15.8 Å². The number of amides is 2. The fourth-order valence-electron chi connectivity index (χ4n) is 1.59. The van der Waals surface area contributed by atoms with Gasteiger partial charge in [0.25, 0.3) is 11.8 Å². The zero-order valence-corrected chi connectivity index (χ0v) is 12.4. The molecular weight excluding hydrogens is 298 g/mol. The second-order valence-electron chi connectivity index (χ2n) is 4.06.